The number of anilines is 3. The molecule has 0 saturated carbocycles. The Labute approximate surface area is 338 Å². The molecule has 4 heteroatoms. The predicted molar refractivity (Wildman–Crippen MR) is 247 cm³/mol. The molecule has 0 saturated heterocycles. The van der Waals surface area contributed by atoms with E-state index in [-0.39, 0.29) is 0 Å². The highest BCUT2D eigenvalue weighted by atomic mass is 32.1. The number of nitrogens with zero attached hydrogens (tertiary/aromatic N) is 2. The van der Waals surface area contributed by atoms with Crippen molar-refractivity contribution in [3.05, 3.63) is 206 Å². The Balaban J connectivity index is 1.00. The van der Waals surface area contributed by atoms with Gasteiger partial charge in [0.2, 0.25) is 0 Å². The topological polar surface area (TPSA) is 21.3 Å². The lowest BCUT2D eigenvalue weighted by atomic mass is 10.0. The molecule has 0 atom stereocenters. The van der Waals surface area contributed by atoms with Crippen molar-refractivity contribution in [2.24, 2.45) is 0 Å². The maximum atomic E-state index is 6.51. The average Bonchev–Trinajstić information content (AvgIpc) is 3.97. The van der Waals surface area contributed by atoms with Crippen LogP contribution in [-0.4, -0.2) is 4.57 Å². The smallest absolute Gasteiger partial charge is 0.143 e. The molecule has 0 N–H and O–H groups in total. The first kappa shape index (κ1) is 32.8. The van der Waals surface area contributed by atoms with E-state index in [0.29, 0.717) is 0 Å². The lowest BCUT2D eigenvalue weighted by molar-refractivity contribution is 0.670. The number of hydrogen-bond acceptors (Lipinski definition) is 3. The van der Waals surface area contributed by atoms with Crippen molar-refractivity contribution >= 4 is 92.3 Å². The summed E-state index contributed by atoms with van der Waals surface area (Å²) in [6.07, 6.45) is 0. The molecule has 0 fully saturated rings. The Morgan fingerprint density at radius 3 is 1.74 bits per heavy atom. The SMILES string of the molecule is c1cc(-c2cccc3c2oc2ccccc23)cc(N(c2ccc(-c3cccc4c3sc3ccccc34)cc2)c2ccc(-n3c4ccccc4c4ccccc43)cc2)c1. The van der Waals surface area contributed by atoms with Crippen LogP contribution < -0.4 is 4.90 Å². The van der Waals surface area contributed by atoms with Gasteiger partial charge in [-0.15, -0.1) is 11.3 Å². The monoisotopic (exact) mass is 758 g/mol. The van der Waals surface area contributed by atoms with Gasteiger partial charge in [0.25, 0.3) is 0 Å². The Morgan fingerprint density at radius 1 is 0.397 bits per heavy atom. The van der Waals surface area contributed by atoms with Crippen LogP contribution in [0.1, 0.15) is 0 Å². The van der Waals surface area contributed by atoms with Gasteiger partial charge in [-0.3, -0.25) is 0 Å². The number of thiophene rings is 1. The minimum atomic E-state index is 0.900. The zero-order chi connectivity index (χ0) is 38.2. The maximum Gasteiger partial charge on any atom is 0.143 e. The van der Waals surface area contributed by atoms with E-state index in [4.69, 9.17) is 4.42 Å². The summed E-state index contributed by atoms with van der Waals surface area (Å²) < 4.78 is 11.5. The normalized spacial score (nSPS) is 11.8. The van der Waals surface area contributed by atoms with Crippen LogP contribution in [-0.2, 0) is 0 Å². The lowest BCUT2D eigenvalue weighted by Crippen LogP contribution is -2.10. The van der Waals surface area contributed by atoms with Crippen molar-refractivity contribution in [2.45, 2.75) is 0 Å². The van der Waals surface area contributed by atoms with Crippen LogP contribution >= 0.6 is 11.3 Å². The summed E-state index contributed by atoms with van der Waals surface area (Å²) in [6.45, 7) is 0. The number of furan rings is 1. The highest BCUT2D eigenvalue weighted by molar-refractivity contribution is 7.26. The van der Waals surface area contributed by atoms with E-state index in [1.54, 1.807) is 0 Å². The van der Waals surface area contributed by atoms with E-state index in [9.17, 15) is 0 Å². The third-order valence-electron chi connectivity index (χ3n) is 11.6. The van der Waals surface area contributed by atoms with Gasteiger partial charge in [0.05, 0.1) is 11.0 Å². The first-order valence-electron chi connectivity index (χ1n) is 19.7. The summed E-state index contributed by atoms with van der Waals surface area (Å²) in [4.78, 5) is 2.36. The highest BCUT2D eigenvalue weighted by Crippen LogP contribution is 2.43. The van der Waals surface area contributed by atoms with Crippen molar-refractivity contribution in [1.82, 2.24) is 4.57 Å². The molecule has 0 radical (unpaired) electrons. The molecular weight excluding hydrogens is 725 g/mol. The Hall–Kier alpha value is -7.40. The predicted octanol–water partition coefficient (Wildman–Crippen LogP) is 15.9. The van der Waals surface area contributed by atoms with Gasteiger partial charge >= 0.3 is 0 Å². The van der Waals surface area contributed by atoms with E-state index in [1.807, 2.05) is 23.5 Å². The van der Waals surface area contributed by atoms with E-state index in [2.05, 4.69) is 204 Å². The van der Waals surface area contributed by atoms with Crippen LogP contribution in [0, 0.1) is 0 Å². The Bertz CT molecular complexity index is 3460. The van der Waals surface area contributed by atoms with Crippen LogP contribution in [0.5, 0.6) is 0 Å². The van der Waals surface area contributed by atoms with Crippen LogP contribution in [0.15, 0.2) is 211 Å². The molecule has 0 amide bonds. The molecule has 0 unspecified atom stereocenters. The molecule has 3 aromatic heterocycles. The third-order valence-corrected chi connectivity index (χ3v) is 12.8. The lowest BCUT2D eigenvalue weighted by Gasteiger charge is -2.26. The minimum Gasteiger partial charge on any atom is -0.455 e. The Kier molecular flexibility index (Phi) is 7.40. The van der Waals surface area contributed by atoms with E-state index in [1.165, 1.54) is 53.1 Å². The van der Waals surface area contributed by atoms with Gasteiger partial charge in [0.15, 0.2) is 0 Å². The number of benzene rings is 9. The molecule has 0 bridgehead atoms. The number of para-hydroxylation sites is 4. The Morgan fingerprint density at radius 2 is 0.983 bits per heavy atom. The summed E-state index contributed by atoms with van der Waals surface area (Å²) in [5.41, 5.74) is 13.2. The van der Waals surface area contributed by atoms with Crippen molar-refractivity contribution in [3.63, 3.8) is 0 Å². The van der Waals surface area contributed by atoms with Crippen LogP contribution in [0.25, 0.3) is 91.9 Å². The standard InChI is InChI=1S/C54H34N2OS/c1-5-22-49-43(14-1)44-15-2-6-23-50(44)56(49)39-32-30-38(31-33-39)55(37-28-26-35(27-29-37)42-19-11-21-48-46-17-4-8-25-52(46)58-54(42)48)40-13-9-12-36(34-40)41-18-10-20-47-45-16-3-7-24-51(45)57-53(41)47/h1-34H. The van der Waals surface area contributed by atoms with Crippen molar-refractivity contribution in [1.29, 1.82) is 0 Å². The first-order valence-corrected chi connectivity index (χ1v) is 20.5. The first-order chi connectivity index (χ1) is 28.8. The number of fused-ring (bicyclic) bond motifs is 9. The largest absolute Gasteiger partial charge is 0.455 e. The average molecular weight is 759 g/mol. The quantitative estimate of drug-likeness (QED) is 0.168. The summed E-state index contributed by atoms with van der Waals surface area (Å²) in [7, 11) is 0. The fourth-order valence-electron chi connectivity index (χ4n) is 8.95. The summed E-state index contributed by atoms with van der Waals surface area (Å²) >= 11 is 1.87. The molecule has 0 aliphatic carbocycles. The second kappa shape index (κ2) is 13.1. The second-order valence-corrected chi connectivity index (χ2v) is 15.9. The van der Waals surface area contributed by atoms with E-state index in [0.717, 1.165) is 55.8 Å². The van der Waals surface area contributed by atoms with Crippen LogP contribution in [0.3, 0.4) is 0 Å². The van der Waals surface area contributed by atoms with Gasteiger partial charge in [0, 0.05) is 70.0 Å². The van der Waals surface area contributed by atoms with Crippen molar-refractivity contribution < 1.29 is 4.42 Å². The molecule has 58 heavy (non-hydrogen) atoms. The van der Waals surface area contributed by atoms with Gasteiger partial charge < -0.3 is 13.9 Å². The van der Waals surface area contributed by atoms with Crippen molar-refractivity contribution in [2.75, 3.05) is 4.90 Å². The fraction of sp³-hybridized carbons (Fsp3) is 0. The van der Waals surface area contributed by atoms with Crippen LogP contribution in [0.4, 0.5) is 17.1 Å². The van der Waals surface area contributed by atoms with Gasteiger partial charge in [-0.1, -0.05) is 133 Å². The second-order valence-electron chi connectivity index (χ2n) is 14.9. The minimum absolute atomic E-state index is 0.900. The van der Waals surface area contributed by atoms with Gasteiger partial charge in [-0.25, -0.2) is 0 Å². The highest BCUT2D eigenvalue weighted by Gasteiger charge is 2.19. The van der Waals surface area contributed by atoms with Crippen molar-refractivity contribution in [3.8, 4) is 27.9 Å². The summed E-state index contributed by atoms with van der Waals surface area (Å²) in [5.74, 6) is 0. The molecular formula is C54H34N2OS. The molecule has 0 aliphatic rings. The molecule has 272 valence electrons. The number of rotatable bonds is 6. The number of aromatic nitrogens is 1. The molecule has 3 nitrogen and oxygen atoms in total. The third kappa shape index (κ3) is 5.12. The molecule has 3 heterocycles. The van der Waals surface area contributed by atoms with Crippen LogP contribution in [0.2, 0.25) is 0 Å². The van der Waals surface area contributed by atoms with Gasteiger partial charge in [0.1, 0.15) is 11.2 Å². The van der Waals surface area contributed by atoms with E-state index >= 15 is 0 Å². The zero-order valence-corrected chi connectivity index (χ0v) is 32.2. The molecule has 0 aliphatic heterocycles. The van der Waals surface area contributed by atoms with E-state index < -0.39 is 0 Å². The zero-order valence-electron chi connectivity index (χ0n) is 31.3. The number of hydrogen-bond donors (Lipinski definition) is 0. The summed E-state index contributed by atoms with van der Waals surface area (Å²) in [6, 6.07) is 74.4. The maximum absolute atomic E-state index is 6.51. The molecule has 0 spiro atoms. The molecule has 9 aromatic carbocycles. The molecule has 12 rings (SSSR count). The summed E-state index contributed by atoms with van der Waals surface area (Å²) in [5, 5.41) is 7.39. The van der Waals surface area contributed by atoms with Gasteiger partial charge in [-0.05, 0) is 89.5 Å². The molecule has 12 aromatic rings. The van der Waals surface area contributed by atoms with Gasteiger partial charge in [-0.2, -0.15) is 0 Å². The fourth-order valence-corrected chi connectivity index (χ4v) is 10.2.